The van der Waals surface area contributed by atoms with Crippen molar-refractivity contribution in [3.8, 4) is 12.3 Å². The van der Waals surface area contributed by atoms with Crippen LogP contribution in [0, 0.1) is 23.7 Å². The van der Waals surface area contributed by atoms with Gasteiger partial charge in [-0.1, -0.05) is 46.0 Å². The van der Waals surface area contributed by atoms with Gasteiger partial charge in [0.1, 0.15) is 5.54 Å². The van der Waals surface area contributed by atoms with Gasteiger partial charge < -0.3 is 10.6 Å². The van der Waals surface area contributed by atoms with Crippen molar-refractivity contribution in [2.24, 2.45) is 11.3 Å². The Bertz CT molecular complexity index is 415. The number of hydrogen-bond acceptors (Lipinski definition) is 1. The quantitative estimate of drug-likeness (QED) is 0.595. The summed E-state index contributed by atoms with van der Waals surface area (Å²) in [6.07, 6.45) is 15.2. The summed E-state index contributed by atoms with van der Waals surface area (Å²) in [5, 5.41) is 7.75. The zero-order valence-electron chi connectivity index (χ0n) is 13.8. The molecule has 0 bridgehead atoms. The fraction of sp³-hybridized carbons (Fsp3) is 0.833. The molecule has 0 radical (unpaired) electrons. The molecule has 0 unspecified atom stereocenters. The van der Waals surface area contributed by atoms with Crippen LogP contribution in [0.2, 0.25) is 0 Å². The van der Waals surface area contributed by atoms with E-state index in [4.69, 9.17) is 18.6 Å². The van der Waals surface area contributed by atoms with Gasteiger partial charge in [-0.2, -0.15) is 0 Å². The monoisotopic (exact) mass is 306 g/mol. The molecule has 3 heteroatoms. The van der Waals surface area contributed by atoms with E-state index in [1.807, 2.05) is 0 Å². The van der Waals surface area contributed by atoms with Crippen LogP contribution in [0.25, 0.3) is 0 Å². The van der Waals surface area contributed by atoms with Gasteiger partial charge in [0.15, 0.2) is 5.11 Å². The number of hydrogen-bond donors (Lipinski definition) is 2. The van der Waals surface area contributed by atoms with Gasteiger partial charge in [0.05, 0.1) is 0 Å². The smallest absolute Gasteiger partial charge is 0.167 e. The van der Waals surface area contributed by atoms with Crippen molar-refractivity contribution in [2.75, 3.05) is 0 Å². The molecular weight excluding hydrogens is 276 g/mol. The normalized spacial score (nSPS) is 31.0. The second-order valence-electron chi connectivity index (χ2n) is 8.00. The van der Waals surface area contributed by atoms with E-state index in [1.165, 1.54) is 38.5 Å². The Labute approximate surface area is 135 Å². The van der Waals surface area contributed by atoms with Crippen molar-refractivity contribution < 1.29 is 0 Å². The topological polar surface area (TPSA) is 24.1 Å². The zero-order chi connectivity index (χ0) is 15.5. The molecule has 0 aliphatic heterocycles. The van der Waals surface area contributed by atoms with E-state index in [9.17, 15) is 0 Å². The summed E-state index contributed by atoms with van der Waals surface area (Å²) in [6, 6.07) is 0.474. The van der Waals surface area contributed by atoms with Crippen molar-refractivity contribution in [1.82, 2.24) is 10.6 Å². The van der Waals surface area contributed by atoms with Crippen LogP contribution in [0.15, 0.2) is 0 Å². The van der Waals surface area contributed by atoms with Crippen LogP contribution in [-0.4, -0.2) is 16.7 Å². The first-order valence-corrected chi connectivity index (χ1v) is 8.81. The van der Waals surface area contributed by atoms with E-state index in [0.29, 0.717) is 11.5 Å². The van der Waals surface area contributed by atoms with Crippen LogP contribution < -0.4 is 10.6 Å². The molecule has 2 atom stereocenters. The van der Waals surface area contributed by atoms with Gasteiger partial charge in [-0.3, -0.25) is 0 Å². The van der Waals surface area contributed by atoms with Crippen LogP contribution in [0.3, 0.4) is 0 Å². The number of thiocarbonyl (C=S) groups is 1. The molecule has 2 N–H and O–H groups in total. The molecule has 0 aromatic carbocycles. The van der Waals surface area contributed by atoms with Crippen LogP contribution in [0.1, 0.15) is 72.1 Å². The van der Waals surface area contributed by atoms with Gasteiger partial charge >= 0.3 is 0 Å². The molecule has 2 fully saturated rings. The minimum atomic E-state index is -0.210. The Morgan fingerprint density at radius 3 is 2.43 bits per heavy atom. The number of nitrogens with one attached hydrogen (secondary N) is 2. The first kappa shape index (κ1) is 16.6. The van der Waals surface area contributed by atoms with Gasteiger partial charge in [0.2, 0.25) is 0 Å². The number of rotatable bonds is 2. The SMILES string of the molecule is C#CC1(NC(=S)N[C@@H]2C[C@H](C)CC(C)(C)C2)CCCCC1. The molecule has 0 spiro atoms. The standard InChI is InChI=1S/C18H30N2S/c1-5-18(9-7-6-8-10-18)20-16(21)19-15-11-14(2)12-17(3,4)13-15/h1,14-15H,6-13H2,2-4H3,(H2,19,20,21)/t14-,15+/m0/s1. The molecule has 21 heavy (non-hydrogen) atoms. The van der Waals surface area contributed by atoms with Gasteiger partial charge in [-0.25, -0.2) is 0 Å². The fourth-order valence-corrected chi connectivity index (χ4v) is 4.72. The Kier molecular flexibility index (Phi) is 5.20. The molecule has 0 aromatic heterocycles. The van der Waals surface area contributed by atoms with Crippen molar-refractivity contribution in [3.63, 3.8) is 0 Å². The highest BCUT2D eigenvalue weighted by atomic mass is 32.1. The number of terminal acetylenes is 1. The van der Waals surface area contributed by atoms with Crippen LogP contribution in [0.4, 0.5) is 0 Å². The van der Waals surface area contributed by atoms with Crippen LogP contribution >= 0.6 is 12.2 Å². The minimum Gasteiger partial charge on any atom is -0.360 e. The summed E-state index contributed by atoms with van der Waals surface area (Å²) in [7, 11) is 0. The molecule has 2 aliphatic carbocycles. The van der Waals surface area contributed by atoms with Crippen molar-refractivity contribution in [1.29, 1.82) is 0 Å². The molecule has 2 rings (SSSR count). The van der Waals surface area contributed by atoms with E-state index in [-0.39, 0.29) is 5.54 Å². The maximum atomic E-state index is 5.78. The zero-order valence-corrected chi connectivity index (χ0v) is 14.6. The lowest BCUT2D eigenvalue weighted by atomic mass is 9.70. The van der Waals surface area contributed by atoms with Gasteiger partial charge in [0, 0.05) is 6.04 Å². The predicted molar refractivity (Wildman–Crippen MR) is 94.1 cm³/mol. The molecule has 0 aromatic rings. The Hall–Kier alpha value is -0.750. The van der Waals surface area contributed by atoms with E-state index in [2.05, 4.69) is 37.3 Å². The van der Waals surface area contributed by atoms with E-state index >= 15 is 0 Å². The van der Waals surface area contributed by atoms with E-state index < -0.39 is 0 Å². The first-order valence-electron chi connectivity index (χ1n) is 8.41. The largest absolute Gasteiger partial charge is 0.360 e. The highest BCUT2D eigenvalue weighted by molar-refractivity contribution is 7.80. The van der Waals surface area contributed by atoms with Crippen molar-refractivity contribution in [2.45, 2.75) is 83.7 Å². The molecule has 0 saturated heterocycles. The lowest BCUT2D eigenvalue weighted by Gasteiger charge is -2.41. The molecular formula is C18H30N2S. The Morgan fingerprint density at radius 2 is 1.86 bits per heavy atom. The summed E-state index contributed by atoms with van der Waals surface area (Å²) < 4.78 is 0. The third kappa shape index (κ3) is 4.61. The lowest BCUT2D eigenvalue weighted by Crippen LogP contribution is -2.55. The second kappa shape index (κ2) is 6.57. The maximum Gasteiger partial charge on any atom is 0.167 e. The molecule has 2 nitrogen and oxygen atoms in total. The summed E-state index contributed by atoms with van der Waals surface area (Å²) in [6.45, 7) is 7.06. The molecule has 2 aliphatic rings. The van der Waals surface area contributed by atoms with Gasteiger partial charge in [-0.05, 0) is 55.7 Å². The second-order valence-corrected chi connectivity index (χ2v) is 8.40. The summed E-state index contributed by atoms with van der Waals surface area (Å²) in [5.41, 5.74) is 0.192. The highest BCUT2D eigenvalue weighted by Crippen LogP contribution is 2.38. The molecule has 0 amide bonds. The molecule has 118 valence electrons. The van der Waals surface area contributed by atoms with Gasteiger partial charge in [0.25, 0.3) is 0 Å². The maximum absolute atomic E-state index is 5.78. The third-order valence-corrected chi connectivity index (χ3v) is 5.28. The third-order valence-electron chi connectivity index (χ3n) is 5.06. The predicted octanol–water partition coefficient (Wildman–Crippen LogP) is 4.00. The van der Waals surface area contributed by atoms with Crippen molar-refractivity contribution >= 4 is 17.3 Å². The Balaban J connectivity index is 1.90. The first-order chi connectivity index (χ1) is 9.84. The van der Waals surface area contributed by atoms with E-state index in [1.54, 1.807) is 0 Å². The average Bonchev–Trinajstić information content (AvgIpc) is 2.37. The summed E-state index contributed by atoms with van der Waals surface area (Å²) in [4.78, 5) is 0. The summed E-state index contributed by atoms with van der Waals surface area (Å²) in [5.74, 6) is 3.73. The van der Waals surface area contributed by atoms with E-state index in [0.717, 1.165) is 23.9 Å². The molecule has 0 heterocycles. The Morgan fingerprint density at radius 1 is 1.19 bits per heavy atom. The summed E-state index contributed by atoms with van der Waals surface area (Å²) >= 11 is 5.55. The molecule has 2 saturated carbocycles. The van der Waals surface area contributed by atoms with Crippen LogP contribution in [0.5, 0.6) is 0 Å². The lowest BCUT2D eigenvalue weighted by molar-refractivity contribution is 0.161. The highest BCUT2D eigenvalue weighted by Gasteiger charge is 2.34. The van der Waals surface area contributed by atoms with Crippen molar-refractivity contribution in [3.05, 3.63) is 0 Å². The fourth-order valence-electron chi connectivity index (χ4n) is 4.36. The average molecular weight is 307 g/mol. The van der Waals surface area contributed by atoms with Crippen LogP contribution in [-0.2, 0) is 0 Å². The van der Waals surface area contributed by atoms with Gasteiger partial charge in [-0.15, -0.1) is 6.42 Å². The minimum absolute atomic E-state index is 0.210.